The van der Waals surface area contributed by atoms with Crippen LogP contribution in [-0.4, -0.2) is 49.1 Å². The van der Waals surface area contributed by atoms with Gasteiger partial charge in [0.25, 0.3) is 5.91 Å². The molecule has 1 spiro atoms. The van der Waals surface area contributed by atoms with Crippen LogP contribution in [0.2, 0.25) is 0 Å². The standard InChI is InChI=1S/C19H24N2O3/c1-14-5-2-3-6-15(14)21-13-19(11-17(21)22)8-9-20(12-19)18(23)16-7-4-10-24-16/h2-3,5-6,16H,4,7-13H2,1H3/t16-,19?/m0/s1. The molecule has 2 amide bonds. The molecule has 5 heteroatoms. The number of nitrogens with zero attached hydrogens (tertiary/aromatic N) is 2. The van der Waals surface area contributed by atoms with E-state index in [2.05, 4.69) is 0 Å². The molecular weight excluding hydrogens is 304 g/mol. The zero-order chi connectivity index (χ0) is 16.7. The molecule has 1 unspecified atom stereocenters. The van der Waals surface area contributed by atoms with Gasteiger partial charge in [-0.15, -0.1) is 0 Å². The molecule has 0 N–H and O–H groups in total. The fourth-order valence-corrected chi connectivity index (χ4v) is 4.35. The van der Waals surface area contributed by atoms with Gasteiger partial charge in [-0.3, -0.25) is 9.59 Å². The molecule has 3 fully saturated rings. The number of benzene rings is 1. The smallest absolute Gasteiger partial charge is 0.251 e. The van der Waals surface area contributed by atoms with Gasteiger partial charge in [0.1, 0.15) is 6.10 Å². The van der Waals surface area contributed by atoms with Crippen LogP contribution in [0.15, 0.2) is 24.3 Å². The SMILES string of the molecule is Cc1ccccc1N1CC2(CCN(C(=O)[C@@H]3CCCO3)C2)CC1=O. The minimum atomic E-state index is -0.260. The predicted octanol–water partition coefficient (Wildman–Crippen LogP) is 2.13. The molecule has 5 nitrogen and oxygen atoms in total. The molecule has 0 aliphatic carbocycles. The lowest BCUT2D eigenvalue weighted by molar-refractivity contribution is -0.140. The van der Waals surface area contributed by atoms with E-state index in [1.54, 1.807) is 0 Å². The first-order valence-electron chi connectivity index (χ1n) is 8.84. The van der Waals surface area contributed by atoms with Crippen LogP contribution in [0.4, 0.5) is 5.69 Å². The summed E-state index contributed by atoms with van der Waals surface area (Å²) in [4.78, 5) is 29.0. The van der Waals surface area contributed by atoms with Crippen molar-refractivity contribution in [2.24, 2.45) is 5.41 Å². The summed E-state index contributed by atoms with van der Waals surface area (Å²) in [5.74, 6) is 0.293. The monoisotopic (exact) mass is 328 g/mol. The number of para-hydroxylation sites is 1. The Balaban J connectivity index is 1.48. The van der Waals surface area contributed by atoms with Gasteiger partial charge in [0.05, 0.1) is 0 Å². The molecule has 0 aromatic heterocycles. The van der Waals surface area contributed by atoms with E-state index >= 15 is 0 Å². The highest BCUT2D eigenvalue weighted by molar-refractivity contribution is 5.97. The van der Waals surface area contributed by atoms with E-state index in [9.17, 15) is 9.59 Å². The van der Waals surface area contributed by atoms with Gasteiger partial charge >= 0.3 is 0 Å². The Labute approximate surface area is 142 Å². The molecule has 3 heterocycles. The fraction of sp³-hybridized carbons (Fsp3) is 0.579. The molecule has 128 valence electrons. The van der Waals surface area contributed by atoms with Crippen LogP contribution in [0.25, 0.3) is 0 Å². The number of hydrogen-bond donors (Lipinski definition) is 0. The van der Waals surface area contributed by atoms with Crippen molar-refractivity contribution in [2.45, 2.75) is 38.7 Å². The quantitative estimate of drug-likeness (QED) is 0.836. The lowest BCUT2D eigenvalue weighted by Gasteiger charge is -2.26. The fourth-order valence-electron chi connectivity index (χ4n) is 4.35. The van der Waals surface area contributed by atoms with E-state index in [0.717, 1.165) is 37.1 Å². The number of rotatable bonds is 2. The normalized spacial score (nSPS) is 29.9. The second-order valence-electron chi connectivity index (χ2n) is 7.45. The van der Waals surface area contributed by atoms with Gasteiger partial charge in [-0.05, 0) is 37.8 Å². The van der Waals surface area contributed by atoms with Gasteiger partial charge < -0.3 is 14.5 Å². The first-order valence-corrected chi connectivity index (χ1v) is 8.84. The Bertz CT molecular complexity index is 668. The van der Waals surface area contributed by atoms with Crippen LogP contribution in [0.3, 0.4) is 0 Å². The van der Waals surface area contributed by atoms with Crippen LogP contribution in [0.1, 0.15) is 31.2 Å². The highest BCUT2D eigenvalue weighted by Crippen LogP contribution is 2.42. The molecule has 0 bridgehead atoms. The summed E-state index contributed by atoms with van der Waals surface area (Å²) in [5.41, 5.74) is 2.03. The van der Waals surface area contributed by atoms with Gasteiger partial charge in [0, 0.05) is 43.8 Å². The Morgan fingerprint density at radius 2 is 2.12 bits per heavy atom. The highest BCUT2D eigenvalue weighted by Gasteiger charge is 2.49. The van der Waals surface area contributed by atoms with Crippen LogP contribution in [0, 0.1) is 12.3 Å². The van der Waals surface area contributed by atoms with E-state index in [1.807, 2.05) is 41.0 Å². The predicted molar refractivity (Wildman–Crippen MR) is 90.8 cm³/mol. The molecule has 24 heavy (non-hydrogen) atoms. The summed E-state index contributed by atoms with van der Waals surface area (Å²) >= 11 is 0. The van der Waals surface area contributed by atoms with Gasteiger partial charge in [0.2, 0.25) is 5.91 Å². The van der Waals surface area contributed by atoms with Gasteiger partial charge in [-0.2, -0.15) is 0 Å². The third-order valence-electron chi connectivity index (χ3n) is 5.68. The van der Waals surface area contributed by atoms with E-state index < -0.39 is 0 Å². The topological polar surface area (TPSA) is 49.9 Å². The molecular formula is C19H24N2O3. The lowest BCUT2D eigenvalue weighted by atomic mass is 9.86. The second kappa shape index (κ2) is 5.88. The minimum Gasteiger partial charge on any atom is -0.368 e. The van der Waals surface area contributed by atoms with Crippen molar-refractivity contribution in [2.75, 3.05) is 31.1 Å². The number of carbonyl (C=O) groups is 2. The van der Waals surface area contributed by atoms with Crippen LogP contribution in [0.5, 0.6) is 0 Å². The Kier molecular flexibility index (Phi) is 3.83. The molecule has 1 aromatic rings. The third-order valence-corrected chi connectivity index (χ3v) is 5.68. The molecule has 0 saturated carbocycles. The largest absolute Gasteiger partial charge is 0.368 e. The Hall–Kier alpha value is -1.88. The minimum absolute atomic E-state index is 0.0897. The number of amides is 2. The summed E-state index contributed by atoms with van der Waals surface area (Å²) in [6.45, 7) is 4.86. The van der Waals surface area contributed by atoms with Gasteiger partial charge in [-0.25, -0.2) is 0 Å². The Morgan fingerprint density at radius 1 is 1.29 bits per heavy atom. The molecule has 3 aliphatic heterocycles. The maximum atomic E-state index is 12.6. The van der Waals surface area contributed by atoms with Crippen molar-refractivity contribution in [1.82, 2.24) is 4.90 Å². The van der Waals surface area contributed by atoms with Crippen LogP contribution >= 0.6 is 0 Å². The summed E-state index contributed by atoms with van der Waals surface area (Å²) in [6.07, 6.45) is 2.98. The maximum Gasteiger partial charge on any atom is 0.251 e. The van der Waals surface area contributed by atoms with Crippen LogP contribution < -0.4 is 4.90 Å². The van der Waals surface area contributed by atoms with Crippen molar-refractivity contribution in [3.05, 3.63) is 29.8 Å². The number of hydrogen-bond acceptors (Lipinski definition) is 3. The molecule has 4 rings (SSSR count). The molecule has 3 aliphatic rings. The second-order valence-corrected chi connectivity index (χ2v) is 7.45. The van der Waals surface area contributed by atoms with Crippen molar-refractivity contribution in [3.8, 4) is 0 Å². The maximum absolute atomic E-state index is 12.6. The summed E-state index contributed by atoms with van der Waals surface area (Å²) in [7, 11) is 0. The summed E-state index contributed by atoms with van der Waals surface area (Å²) < 4.78 is 5.54. The summed E-state index contributed by atoms with van der Waals surface area (Å²) in [5, 5.41) is 0. The average Bonchev–Trinajstić information content (AvgIpc) is 3.29. The number of anilines is 1. The Morgan fingerprint density at radius 3 is 2.88 bits per heavy atom. The first kappa shape index (κ1) is 15.6. The number of carbonyl (C=O) groups excluding carboxylic acids is 2. The number of likely N-dealkylation sites (tertiary alicyclic amines) is 1. The zero-order valence-electron chi connectivity index (χ0n) is 14.2. The van der Waals surface area contributed by atoms with E-state index in [0.29, 0.717) is 26.1 Å². The summed E-state index contributed by atoms with van der Waals surface area (Å²) in [6, 6.07) is 8.02. The molecule has 2 atom stereocenters. The van der Waals surface area contributed by atoms with Crippen LogP contribution in [-0.2, 0) is 14.3 Å². The van der Waals surface area contributed by atoms with E-state index in [1.165, 1.54) is 0 Å². The molecule has 3 saturated heterocycles. The van der Waals surface area contributed by atoms with Gasteiger partial charge in [0.15, 0.2) is 0 Å². The van der Waals surface area contributed by atoms with Crippen molar-refractivity contribution in [1.29, 1.82) is 0 Å². The molecule has 1 aromatic carbocycles. The number of ether oxygens (including phenoxy) is 1. The average molecular weight is 328 g/mol. The highest BCUT2D eigenvalue weighted by atomic mass is 16.5. The lowest BCUT2D eigenvalue weighted by Crippen LogP contribution is -2.39. The molecule has 0 radical (unpaired) electrons. The van der Waals surface area contributed by atoms with Crippen molar-refractivity contribution >= 4 is 17.5 Å². The van der Waals surface area contributed by atoms with Gasteiger partial charge in [-0.1, -0.05) is 18.2 Å². The van der Waals surface area contributed by atoms with E-state index in [-0.39, 0.29) is 23.3 Å². The first-order chi connectivity index (χ1) is 11.6. The van der Waals surface area contributed by atoms with E-state index in [4.69, 9.17) is 4.74 Å². The van der Waals surface area contributed by atoms with Crippen molar-refractivity contribution in [3.63, 3.8) is 0 Å². The van der Waals surface area contributed by atoms with Crippen molar-refractivity contribution < 1.29 is 14.3 Å². The number of aryl methyl sites for hydroxylation is 1. The zero-order valence-corrected chi connectivity index (χ0v) is 14.2. The third kappa shape index (κ3) is 2.61.